The van der Waals surface area contributed by atoms with E-state index in [1.165, 1.54) is 24.4 Å². The molecule has 0 atom stereocenters. The Morgan fingerprint density at radius 2 is 1.89 bits per heavy atom. The number of non-ortho nitro benzene ring substituents is 1. The van der Waals surface area contributed by atoms with Crippen molar-refractivity contribution in [3.8, 4) is 5.75 Å². The fourth-order valence-corrected chi connectivity index (χ4v) is 1.42. The quantitative estimate of drug-likeness (QED) is 0.510. The molecule has 0 aromatic heterocycles. The van der Waals surface area contributed by atoms with Gasteiger partial charge in [0, 0.05) is 23.9 Å². The summed E-state index contributed by atoms with van der Waals surface area (Å²) in [4.78, 5) is 14.2. The number of benzene rings is 2. The maximum Gasteiger partial charge on any atom is 0.270 e. The second-order valence-corrected chi connectivity index (χ2v) is 3.59. The molecule has 2 rings (SSSR count). The largest absolute Gasteiger partial charge is 0.507 e. The number of para-hydroxylation sites is 1. The number of phenols is 1. The van der Waals surface area contributed by atoms with E-state index in [0.29, 0.717) is 11.3 Å². The van der Waals surface area contributed by atoms with Gasteiger partial charge in [-0.25, -0.2) is 0 Å². The van der Waals surface area contributed by atoms with Gasteiger partial charge in [0.2, 0.25) is 0 Å². The molecule has 0 fully saturated rings. The van der Waals surface area contributed by atoms with Crippen LogP contribution >= 0.6 is 0 Å². The van der Waals surface area contributed by atoms with Crippen LogP contribution in [-0.4, -0.2) is 16.2 Å². The Balaban J connectivity index is 2.31. The van der Waals surface area contributed by atoms with E-state index in [4.69, 9.17) is 0 Å². The van der Waals surface area contributed by atoms with Crippen molar-refractivity contribution in [2.75, 3.05) is 0 Å². The maximum atomic E-state index is 10.6. The molecule has 2 aromatic carbocycles. The number of aliphatic imine (C=N–C) groups is 1. The van der Waals surface area contributed by atoms with E-state index in [2.05, 4.69) is 4.99 Å². The number of aromatic hydroxyl groups is 1. The Morgan fingerprint density at radius 1 is 1.17 bits per heavy atom. The number of hydrogen-bond acceptors (Lipinski definition) is 4. The summed E-state index contributed by atoms with van der Waals surface area (Å²) < 4.78 is 0. The highest BCUT2D eigenvalue weighted by molar-refractivity contribution is 5.86. The average Bonchev–Trinajstić information content (AvgIpc) is 2.38. The molecule has 0 aliphatic heterocycles. The van der Waals surface area contributed by atoms with Crippen molar-refractivity contribution in [2.45, 2.75) is 0 Å². The fourth-order valence-electron chi connectivity index (χ4n) is 1.42. The second-order valence-electron chi connectivity index (χ2n) is 3.59. The van der Waals surface area contributed by atoms with Crippen LogP contribution in [0.25, 0.3) is 0 Å². The van der Waals surface area contributed by atoms with Gasteiger partial charge in [-0.1, -0.05) is 18.2 Å². The van der Waals surface area contributed by atoms with Crippen LogP contribution in [0.3, 0.4) is 0 Å². The summed E-state index contributed by atoms with van der Waals surface area (Å²) in [6.45, 7) is 0. The number of nitrogens with zero attached hydrogens (tertiary/aromatic N) is 2. The van der Waals surface area contributed by atoms with Crippen LogP contribution in [-0.2, 0) is 0 Å². The van der Waals surface area contributed by atoms with Gasteiger partial charge >= 0.3 is 0 Å². The van der Waals surface area contributed by atoms with Gasteiger partial charge in [0.05, 0.1) is 10.6 Å². The Morgan fingerprint density at radius 3 is 2.56 bits per heavy atom. The third kappa shape index (κ3) is 2.70. The van der Waals surface area contributed by atoms with Crippen molar-refractivity contribution in [3.63, 3.8) is 0 Å². The van der Waals surface area contributed by atoms with E-state index >= 15 is 0 Å². The van der Waals surface area contributed by atoms with Gasteiger partial charge < -0.3 is 5.11 Å². The molecule has 0 saturated carbocycles. The number of hydrogen-bond donors (Lipinski definition) is 1. The molecule has 5 heteroatoms. The molecule has 1 N–H and O–H groups in total. The van der Waals surface area contributed by atoms with Crippen molar-refractivity contribution in [1.82, 2.24) is 0 Å². The van der Waals surface area contributed by atoms with E-state index in [1.54, 1.807) is 12.1 Å². The first-order valence-corrected chi connectivity index (χ1v) is 5.23. The van der Waals surface area contributed by atoms with Crippen molar-refractivity contribution in [1.29, 1.82) is 0 Å². The first-order valence-electron chi connectivity index (χ1n) is 5.23. The number of nitro benzene ring substituents is 1. The highest BCUT2D eigenvalue weighted by Crippen LogP contribution is 2.22. The van der Waals surface area contributed by atoms with Gasteiger partial charge in [-0.05, 0) is 18.2 Å². The molecule has 18 heavy (non-hydrogen) atoms. The summed E-state index contributed by atoms with van der Waals surface area (Å²) >= 11 is 0. The van der Waals surface area contributed by atoms with Crippen LogP contribution in [0.1, 0.15) is 5.56 Å². The highest BCUT2D eigenvalue weighted by Gasteiger charge is 2.08. The topological polar surface area (TPSA) is 75.7 Å². The van der Waals surface area contributed by atoms with Crippen LogP contribution < -0.4 is 0 Å². The van der Waals surface area contributed by atoms with Crippen molar-refractivity contribution < 1.29 is 10.0 Å². The second kappa shape index (κ2) is 5.09. The molecule has 5 nitrogen and oxygen atoms in total. The predicted octanol–water partition coefficient (Wildman–Crippen LogP) is 3.05. The minimum Gasteiger partial charge on any atom is -0.507 e. The summed E-state index contributed by atoms with van der Waals surface area (Å²) in [5.74, 6) is -0.0414. The molecular weight excluding hydrogens is 232 g/mol. The molecule has 90 valence electrons. The van der Waals surface area contributed by atoms with Crippen LogP contribution in [0.2, 0.25) is 0 Å². The normalized spacial score (nSPS) is 10.7. The third-order valence-electron chi connectivity index (χ3n) is 2.33. The van der Waals surface area contributed by atoms with Crippen LogP contribution in [0.4, 0.5) is 11.4 Å². The van der Waals surface area contributed by atoms with Gasteiger partial charge in [0.15, 0.2) is 0 Å². The number of nitro groups is 1. The smallest absolute Gasteiger partial charge is 0.270 e. The zero-order valence-electron chi connectivity index (χ0n) is 9.35. The van der Waals surface area contributed by atoms with E-state index in [9.17, 15) is 15.2 Å². The van der Waals surface area contributed by atoms with E-state index in [-0.39, 0.29) is 11.4 Å². The summed E-state index contributed by atoms with van der Waals surface area (Å²) in [6.07, 6.45) is 1.40. The molecule has 0 aliphatic rings. The molecular formula is C13H10N2O3. The maximum absolute atomic E-state index is 10.6. The fraction of sp³-hybridized carbons (Fsp3) is 0. The van der Waals surface area contributed by atoms with Crippen molar-refractivity contribution in [2.24, 2.45) is 4.99 Å². The van der Waals surface area contributed by atoms with Crippen molar-refractivity contribution in [3.05, 3.63) is 64.2 Å². The number of phenolic OH excluding ortho intramolecular Hbond substituents is 1. The van der Waals surface area contributed by atoms with E-state index in [0.717, 1.165) is 0 Å². The molecule has 0 saturated heterocycles. The SMILES string of the molecule is O=[N+]([O-])c1ccc(O)c(C=Nc2ccccc2)c1. The zero-order chi connectivity index (χ0) is 13.0. The molecule has 0 bridgehead atoms. The molecule has 2 aromatic rings. The third-order valence-corrected chi connectivity index (χ3v) is 2.33. The van der Waals surface area contributed by atoms with Gasteiger partial charge in [-0.3, -0.25) is 15.1 Å². The van der Waals surface area contributed by atoms with Crippen molar-refractivity contribution >= 4 is 17.6 Å². The Bertz CT molecular complexity index is 594. The first-order chi connectivity index (χ1) is 8.66. The monoisotopic (exact) mass is 242 g/mol. The molecule has 0 amide bonds. The number of rotatable bonds is 3. The Kier molecular flexibility index (Phi) is 3.33. The predicted molar refractivity (Wildman–Crippen MR) is 68.5 cm³/mol. The summed E-state index contributed by atoms with van der Waals surface area (Å²) in [6, 6.07) is 12.9. The van der Waals surface area contributed by atoms with Crippen LogP contribution in [0, 0.1) is 10.1 Å². The lowest BCUT2D eigenvalue weighted by atomic mass is 10.2. The van der Waals surface area contributed by atoms with Gasteiger partial charge in [0.1, 0.15) is 5.75 Å². The molecule has 0 radical (unpaired) electrons. The Hall–Kier alpha value is -2.69. The standard InChI is InChI=1S/C13H10N2O3/c16-13-7-6-12(15(17)18)8-10(13)9-14-11-4-2-1-3-5-11/h1-9,16H. The average molecular weight is 242 g/mol. The first kappa shape index (κ1) is 11.8. The highest BCUT2D eigenvalue weighted by atomic mass is 16.6. The zero-order valence-corrected chi connectivity index (χ0v) is 9.35. The van der Waals surface area contributed by atoms with Gasteiger partial charge in [0.25, 0.3) is 5.69 Å². The molecule has 0 spiro atoms. The van der Waals surface area contributed by atoms with Gasteiger partial charge in [-0.15, -0.1) is 0 Å². The lowest BCUT2D eigenvalue weighted by molar-refractivity contribution is -0.384. The summed E-state index contributed by atoms with van der Waals surface area (Å²) in [7, 11) is 0. The molecule has 0 heterocycles. The summed E-state index contributed by atoms with van der Waals surface area (Å²) in [5.41, 5.74) is 0.943. The Labute approximate surface area is 103 Å². The lowest BCUT2D eigenvalue weighted by Crippen LogP contribution is -1.90. The summed E-state index contributed by atoms with van der Waals surface area (Å²) in [5, 5.41) is 20.2. The van der Waals surface area contributed by atoms with Gasteiger partial charge in [-0.2, -0.15) is 0 Å². The molecule has 0 unspecified atom stereocenters. The molecule has 0 aliphatic carbocycles. The minimum absolute atomic E-state index is 0.0414. The lowest BCUT2D eigenvalue weighted by Gasteiger charge is -1.98. The van der Waals surface area contributed by atoms with Crippen LogP contribution in [0.5, 0.6) is 5.75 Å². The van der Waals surface area contributed by atoms with E-state index in [1.807, 2.05) is 18.2 Å². The minimum atomic E-state index is -0.515. The van der Waals surface area contributed by atoms with Crippen LogP contribution in [0.15, 0.2) is 53.5 Å². The van der Waals surface area contributed by atoms with E-state index < -0.39 is 4.92 Å².